The minimum absolute atomic E-state index is 0.0737. The van der Waals surface area contributed by atoms with Crippen LogP contribution in [0.25, 0.3) is 22.2 Å². The number of amides is 1. The summed E-state index contributed by atoms with van der Waals surface area (Å²) in [5.41, 5.74) is 4.00. The van der Waals surface area contributed by atoms with Crippen LogP contribution in [0.5, 0.6) is 5.88 Å². The fraction of sp³-hybridized carbons (Fsp3) is 0.143. The smallest absolute Gasteiger partial charge is 0.271 e. The number of carbonyl (C=O) groups excluding carboxylic acids is 1. The Morgan fingerprint density at radius 3 is 2.82 bits per heavy atom. The first-order valence-electron chi connectivity index (χ1n) is 8.92. The number of rotatable bonds is 5. The summed E-state index contributed by atoms with van der Waals surface area (Å²) in [5.74, 6) is -0.505. The van der Waals surface area contributed by atoms with Gasteiger partial charge in [-0.15, -0.1) is 21.6 Å². The number of nitrogens with zero attached hydrogens (tertiary/aromatic N) is 3. The van der Waals surface area contributed by atoms with E-state index in [4.69, 9.17) is 0 Å². The fourth-order valence-corrected chi connectivity index (χ4v) is 3.73. The maximum atomic E-state index is 12.2. The molecular formula is C21H18N4O2S. The number of azo groups is 1. The number of nitrogens with one attached hydrogen (secondary N) is 1. The van der Waals surface area contributed by atoms with E-state index in [1.807, 2.05) is 53.9 Å². The van der Waals surface area contributed by atoms with Gasteiger partial charge in [0, 0.05) is 16.3 Å². The highest BCUT2D eigenvalue weighted by atomic mass is 32.1. The molecule has 0 saturated heterocycles. The Balaban J connectivity index is 1.51. The molecule has 0 unspecified atom stereocenters. The predicted octanol–water partition coefficient (Wildman–Crippen LogP) is 5.41. The molecule has 4 aromatic rings. The first-order valence-corrected chi connectivity index (χ1v) is 9.80. The quantitative estimate of drug-likeness (QED) is 0.446. The van der Waals surface area contributed by atoms with Crippen molar-refractivity contribution in [2.75, 3.05) is 0 Å². The van der Waals surface area contributed by atoms with E-state index < -0.39 is 5.91 Å². The van der Waals surface area contributed by atoms with Crippen LogP contribution >= 0.6 is 11.3 Å². The Morgan fingerprint density at radius 2 is 2.04 bits per heavy atom. The number of aromatic nitrogens is 2. The fourth-order valence-electron chi connectivity index (χ4n) is 2.94. The van der Waals surface area contributed by atoms with E-state index in [0.29, 0.717) is 5.01 Å². The van der Waals surface area contributed by atoms with Crippen molar-refractivity contribution >= 4 is 33.8 Å². The molecule has 1 amide bonds. The lowest BCUT2D eigenvalue weighted by molar-refractivity contribution is -0.117. The number of aromatic amines is 1. The van der Waals surface area contributed by atoms with E-state index >= 15 is 0 Å². The number of aromatic hydroxyl groups is 1. The van der Waals surface area contributed by atoms with Crippen LogP contribution < -0.4 is 0 Å². The van der Waals surface area contributed by atoms with E-state index in [-0.39, 0.29) is 18.0 Å². The van der Waals surface area contributed by atoms with Crippen molar-refractivity contribution < 1.29 is 9.90 Å². The third-order valence-electron chi connectivity index (χ3n) is 4.41. The van der Waals surface area contributed by atoms with Crippen molar-refractivity contribution in [2.45, 2.75) is 19.8 Å². The van der Waals surface area contributed by atoms with Gasteiger partial charge in [0.2, 0.25) is 5.88 Å². The lowest BCUT2D eigenvalue weighted by Gasteiger charge is -1.97. The summed E-state index contributed by atoms with van der Waals surface area (Å²) in [6.07, 6.45) is 0.940. The van der Waals surface area contributed by atoms with Gasteiger partial charge in [-0.3, -0.25) is 4.79 Å². The Hall–Kier alpha value is -3.32. The van der Waals surface area contributed by atoms with Gasteiger partial charge >= 0.3 is 0 Å². The zero-order chi connectivity index (χ0) is 19.5. The average Bonchev–Trinajstić information content (AvgIpc) is 3.30. The summed E-state index contributed by atoms with van der Waals surface area (Å²) >= 11 is 1.42. The van der Waals surface area contributed by atoms with Crippen molar-refractivity contribution in [3.05, 3.63) is 64.5 Å². The standard InChI is InChI=1S/C21H18N4O2S/c1-2-13-8-9-16-15(10-13)20(21(27)23-16)25-24-18(26)11-19-22-17(12-28-19)14-6-4-3-5-7-14/h3-10,12,23,27H,2,11H2,1H3. The van der Waals surface area contributed by atoms with Crippen molar-refractivity contribution in [3.63, 3.8) is 0 Å². The third kappa shape index (κ3) is 3.70. The molecule has 0 spiro atoms. The molecule has 2 aromatic heterocycles. The summed E-state index contributed by atoms with van der Waals surface area (Å²) < 4.78 is 0. The lowest BCUT2D eigenvalue weighted by atomic mass is 10.1. The van der Waals surface area contributed by atoms with Crippen LogP contribution in [0.2, 0.25) is 0 Å². The molecule has 0 atom stereocenters. The van der Waals surface area contributed by atoms with Gasteiger partial charge in [-0.1, -0.05) is 43.3 Å². The average molecular weight is 390 g/mol. The Morgan fingerprint density at radius 1 is 1.21 bits per heavy atom. The zero-order valence-corrected chi connectivity index (χ0v) is 16.0. The maximum Gasteiger partial charge on any atom is 0.271 e. The molecule has 0 fully saturated rings. The molecule has 2 heterocycles. The number of fused-ring (bicyclic) bond motifs is 1. The molecule has 140 valence electrons. The summed E-state index contributed by atoms with van der Waals surface area (Å²) in [6.45, 7) is 2.05. The predicted molar refractivity (Wildman–Crippen MR) is 110 cm³/mol. The van der Waals surface area contributed by atoms with E-state index in [1.54, 1.807) is 0 Å². The zero-order valence-electron chi connectivity index (χ0n) is 15.2. The molecule has 0 bridgehead atoms. The molecule has 0 saturated carbocycles. The van der Waals surface area contributed by atoms with Crippen molar-refractivity contribution in [2.24, 2.45) is 10.2 Å². The van der Waals surface area contributed by atoms with Crippen molar-refractivity contribution in [1.29, 1.82) is 0 Å². The van der Waals surface area contributed by atoms with Crippen LogP contribution in [0.4, 0.5) is 5.69 Å². The molecule has 28 heavy (non-hydrogen) atoms. The highest BCUT2D eigenvalue weighted by Gasteiger charge is 2.13. The Kier molecular flexibility index (Phi) is 4.99. The first kappa shape index (κ1) is 18.1. The first-order chi connectivity index (χ1) is 13.6. The van der Waals surface area contributed by atoms with Gasteiger partial charge in [0.1, 0.15) is 5.01 Å². The number of aryl methyl sites for hydroxylation is 1. The topological polar surface area (TPSA) is 90.7 Å². The van der Waals surface area contributed by atoms with Gasteiger partial charge < -0.3 is 10.1 Å². The largest absolute Gasteiger partial charge is 0.493 e. The minimum Gasteiger partial charge on any atom is -0.493 e. The number of benzene rings is 2. The highest BCUT2D eigenvalue weighted by molar-refractivity contribution is 7.10. The van der Waals surface area contributed by atoms with Gasteiger partial charge in [0.15, 0.2) is 5.69 Å². The lowest BCUT2D eigenvalue weighted by Crippen LogP contribution is -1.97. The van der Waals surface area contributed by atoms with Crippen molar-refractivity contribution in [3.8, 4) is 17.1 Å². The van der Waals surface area contributed by atoms with Gasteiger partial charge in [-0.05, 0) is 24.1 Å². The van der Waals surface area contributed by atoms with Gasteiger partial charge in [-0.2, -0.15) is 0 Å². The number of hydrogen-bond acceptors (Lipinski definition) is 5. The SMILES string of the molecule is CCc1ccc2[nH]c(O)c(N=NC(=O)Cc3nc(-c4ccccc4)cs3)c2c1. The number of hydrogen-bond donors (Lipinski definition) is 2. The highest BCUT2D eigenvalue weighted by Crippen LogP contribution is 2.36. The van der Waals surface area contributed by atoms with E-state index in [9.17, 15) is 9.90 Å². The van der Waals surface area contributed by atoms with Crippen LogP contribution in [0.15, 0.2) is 64.1 Å². The second-order valence-electron chi connectivity index (χ2n) is 6.32. The Bertz CT molecular complexity index is 1160. The van der Waals surface area contributed by atoms with E-state index in [2.05, 4.69) is 27.1 Å². The monoisotopic (exact) mass is 390 g/mol. The van der Waals surface area contributed by atoms with Crippen molar-refractivity contribution in [1.82, 2.24) is 9.97 Å². The minimum atomic E-state index is -0.408. The van der Waals surface area contributed by atoms with Gasteiger partial charge in [0.05, 0.1) is 17.6 Å². The summed E-state index contributed by atoms with van der Waals surface area (Å²) in [5, 5.41) is 21.2. The molecule has 0 radical (unpaired) electrons. The van der Waals surface area contributed by atoms with Crippen LogP contribution in [0.1, 0.15) is 17.5 Å². The molecule has 0 aliphatic carbocycles. The molecule has 2 N–H and O–H groups in total. The van der Waals surface area contributed by atoms with Crippen LogP contribution in [-0.4, -0.2) is 21.0 Å². The molecule has 0 aliphatic heterocycles. The summed E-state index contributed by atoms with van der Waals surface area (Å²) in [4.78, 5) is 19.6. The van der Waals surface area contributed by atoms with E-state index in [1.165, 1.54) is 11.3 Å². The van der Waals surface area contributed by atoms with Gasteiger partial charge in [-0.25, -0.2) is 4.98 Å². The second-order valence-corrected chi connectivity index (χ2v) is 7.26. The molecule has 7 heteroatoms. The number of H-pyrrole nitrogens is 1. The van der Waals surface area contributed by atoms with Crippen LogP contribution in [0, 0.1) is 0 Å². The number of thiazole rings is 1. The summed E-state index contributed by atoms with van der Waals surface area (Å²) in [7, 11) is 0. The normalized spacial score (nSPS) is 11.5. The second kappa shape index (κ2) is 7.74. The third-order valence-corrected chi connectivity index (χ3v) is 5.26. The molecule has 2 aromatic carbocycles. The van der Waals surface area contributed by atoms with Crippen LogP contribution in [0.3, 0.4) is 0 Å². The number of carbonyl (C=O) groups is 1. The Labute approximate surface area is 165 Å². The maximum absolute atomic E-state index is 12.2. The summed E-state index contributed by atoms with van der Waals surface area (Å²) in [6, 6.07) is 15.6. The van der Waals surface area contributed by atoms with Gasteiger partial charge in [0.25, 0.3) is 5.91 Å². The van der Waals surface area contributed by atoms with E-state index in [0.717, 1.165) is 34.1 Å². The van der Waals surface area contributed by atoms with Crippen LogP contribution in [-0.2, 0) is 17.6 Å². The molecular weight excluding hydrogens is 372 g/mol. The molecule has 6 nitrogen and oxygen atoms in total. The molecule has 0 aliphatic rings. The molecule has 4 rings (SSSR count).